The molecular formula is C68H110N2O11. The van der Waals surface area contributed by atoms with Crippen LogP contribution in [0, 0.1) is 49.0 Å². The molecule has 0 fully saturated rings. The van der Waals surface area contributed by atoms with Crippen LogP contribution >= 0.6 is 0 Å². The molecule has 2 aliphatic heterocycles. The second-order valence-electron chi connectivity index (χ2n) is 31.5. The highest BCUT2D eigenvalue weighted by Crippen LogP contribution is 2.60. The number of aliphatic carboxylic acids is 1. The lowest BCUT2D eigenvalue weighted by Crippen LogP contribution is -2.66. The van der Waals surface area contributed by atoms with Crippen molar-refractivity contribution in [1.29, 1.82) is 0 Å². The normalized spacial score (nSPS) is 16.8. The first-order valence-corrected chi connectivity index (χ1v) is 29.2. The molecule has 0 aromatic heterocycles. The van der Waals surface area contributed by atoms with Crippen molar-refractivity contribution in [2.75, 3.05) is 11.5 Å². The summed E-state index contributed by atoms with van der Waals surface area (Å²) in [4.78, 5) is 64.4. The van der Waals surface area contributed by atoms with Crippen LogP contribution in [0.4, 0.5) is 11.4 Å². The molecule has 2 aromatic carbocycles. The van der Waals surface area contributed by atoms with E-state index in [1.54, 1.807) is 26.0 Å². The van der Waals surface area contributed by atoms with Gasteiger partial charge in [-0.25, -0.2) is 0 Å². The minimum absolute atomic E-state index is 0.0366. The number of hydrogen-bond donors (Lipinski definition) is 1. The number of esters is 2. The lowest BCUT2D eigenvalue weighted by atomic mass is 9.72. The third-order valence-electron chi connectivity index (χ3n) is 15.4. The van der Waals surface area contributed by atoms with E-state index in [0.717, 1.165) is 42.9 Å². The third-order valence-corrected chi connectivity index (χ3v) is 15.4. The number of carbonyl (C=O) groups is 4. The van der Waals surface area contributed by atoms with Gasteiger partial charge in [-0.3, -0.25) is 24.5 Å². The summed E-state index contributed by atoms with van der Waals surface area (Å²) in [5.41, 5.74) is -5.31. The molecule has 1 spiro atoms. The molecule has 0 amide bonds. The number of nitrogens with zero attached hydrogens (tertiary/aromatic N) is 2. The predicted molar refractivity (Wildman–Crippen MR) is 331 cm³/mol. The molecular weight excluding hydrogens is 1020 g/mol. The lowest BCUT2D eigenvalue weighted by molar-refractivity contribution is -0.385. The van der Waals surface area contributed by atoms with Crippen LogP contribution in [0.5, 0.6) is 5.75 Å². The molecule has 0 bridgehead atoms. The first-order chi connectivity index (χ1) is 36.2. The zero-order chi connectivity index (χ0) is 63.4. The van der Waals surface area contributed by atoms with E-state index in [0.29, 0.717) is 48.5 Å². The number of benzene rings is 2. The quantitative estimate of drug-likeness (QED) is 0.0368. The Hall–Kier alpha value is -5.04. The van der Waals surface area contributed by atoms with Crippen LogP contribution in [0.2, 0.25) is 0 Å². The van der Waals surface area contributed by atoms with Crippen LogP contribution in [-0.4, -0.2) is 68.9 Å². The molecule has 0 aliphatic carbocycles. The van der Waals surface area contributed by atoms with Gasteiger partial charge in [0.15, 0.2) is 0 Å². The van der Waals surface area contributed by atoms with Crippen LogP contribution in [0.3, 0.4) is 0 Å². The zero-order valence-electron chi connectivity index (χ0n) is 55.5. The van der Waals surface area contributed by atoms with Crippen LogP contribution in [0.15, 0.2) is 55.1 Å². The Morgan fingerprint density at radius 3 is 1.65 bits per heavy atom. The van der Waals surface area contributed by atoms with Gasteiger partial charge in [0, 0.05) is 52.9 Å². The van der Waals surface area contributed by atoms with Crippen LogP contribution in [0.25, 0.3) is 6.08 Å². The number of nitro benzene ring substituents is 1. The van der Waals surface area contributed by atoms with Gasteiger partial charge in [-0.05, 0) is 196 Å². The summed E-state index contributed by atoms with van der Waals surface area (Å²) >= 11 is 0. The van der Waals surface area contributed by atoms with Gasteiger partial charge in [0.1, 0.15) is 23.2 Å². The van der Waals surface area contributed by atoms with Crippen LogP contribution in [-0.2, 0) is 44.2 Å². The molecule has 0 radical (unpaired) electrons. The van der Waals surface area contributed by atoms with Crippen molar-refractivity contribution < 1.29 is 48.2 Å². The molecule has 81 heavy (non-hydrogen) atoms. The second-order valence-corrected chi connectivity index (χ2v) is 31.5. The van der Waals surface area contributed by atoms with E-state index in [4.69, 9.17) is 24.1 Å². The van der Waals surface area contributed by atoms with Gasteiger partial charge in [-0.15, -0.1) is 6.58 Å². The van der Waals surface area contributed by atoms with E-state index >= 15 is 0 Å². The van der Waals surface area contributed by atoms with Crippen molar-refractivity contribution in [2.45, 2.75) is 264 Å². The Kier molecular flexibility index (Phi) is 22.6. The molecule has 13 nitrogen and oxygen atoms in total. The second kappa shape index (κ2) is 25.4. The molecule has 0 saturated carbocycles. The Bertz CT molecular complexity index is 2580. The smallest absolute Gasteiger partial charge is 0.312 e. The Morgan fingerprint density at radius 2 is 1.22 bits per heavy atom. The number of fused-ring (bicyclic) bond motifs is 2. The van der Waals surface area contributed by atoms with E-state index in [1.807, 2.05) is 141 Å². The van der Waals surface area contributed by atoms with E-state index < -0.39 is 60.9 Å². The molecule has 2 aromatic rings. The van der Waals surface area contributed by atoms with Gasteiger partial charge in [-0.2, -0.15) is 0 Å². The zero-order valence-corrected chi connectivity index (χ0v) is 55.5. The molecule has 458 valence electrons. The van der Waals surface area contributed by atoms with Crippen LogP contribution < -0.4 is 9.64 Å². The number of anilines is 1. The van der Waals surface area contributed by atoms with Gasteiger partial charge in [0.2, 0.25) is 5.72 Å². The molecule has 2 heterocycles. The number of hydrogen-bond acceptors (Lipinski definition) is 11. The maximum absolute atomic E-state index is 13.8. The van der Waals surface area contributed by atoms with Crippen molar-refractivity contribution in [2.24, 2.45) is 38.9 Å². The fourth-order valence-electron chi connectivity index (χ4n) is 12.3. The number of carboxylic acids is 1. The molecule has 2 aliphatic rings. The predicted octanol–water partition coefficient (Wildman–Crippen LogP) is 17.2. The third kappa shape index (κ3) is 19.3. The first-order valence-electron chi connectivity index (χ1n) is 29.2. The molecule has 0 saturated heterocycles. The average Bonchev–Trinajstić information content (AvgIpc) is 3.45. The molecule has 13 heteroatoms. The van der Waals surface area contributed by atoms with Crippen molar-refractivity contribution >= 4 is 41.6 Å². The number of rotatable bonds is 23. The molecule has 1 N–H and O–H groups in total. The van der Waals surface area contributed by atoms with Crippen molar-refractivity contribution in [3.05, 3.63) is 81.9 Å². The van der Waals surface area contributed by atoms with E-state index in [2.05, 4.69) is 85.9 Å². The van der Waals surface area contributed by atoms with Gasteiger partial charge in [-0.1, -0.05) is 93.5 Å². The number of aldehydes is 1. The summed E-state index contributed by atoms with van der Waals surface area (Å²) in [5, 5.41) is 21.2. The minimum atomic E-state index is -1.15. The van der Waals surface area contributed by atoms with Gasteiger partial charge in [0.25, 0.3) is 5.69 Å². The summed E-state index contributed by atoms with van der Waals surface area (Å²) in [6.07, 6.45) is 10.2. The number of non-ortho nitro benzene ring substituents is 1. The SMILES string of the molecule is C=CC(C)(C)CC(C)(C)C(=O)OC(C)(C)CC(C)(C)c1cc([N+](=O)[O-])cc2c1OC1(C=C2)N(C(C)(C)CC(C)(C)OC(=O)C(C)(C)CC(C)(C)C=O)c2ccccc2C1(C)C.CC(C)CC(C)(C)C(=O)O.CC(C)CCOC(C)(C)C. The highest BCUT2D eigenvalue weighted by Gasteiger charge is 2.63. The number of para-hydroxylation sites is 1. The summed E-state index contributed by atoms with van der Waals surface area (Å²) in [7, 11) is 0. The Morgan fingerprint density at radius 1 is 0.728 bits per heavy atom. The average molecular weight is 1130 g/mol. The monoisotopic (exact) mass is 1130 g/mol. The first kappa shape index (κ1) is 72.1. The Balaban J connectivity index is 0.000000944. The van der Waals surface area contributed by atoms with Gasteiger partial charge >= 0.3 is 17.9 Å². The lowest BCUT2D eigenvalue weighted by Gasteiger charge is -2.54. The highest BCUT2D eigenvalue weighted by atomic mass is 16.6. The number of carboxylic acid groups (broad SMARTS) is 1. The van der Waals surface area contributed by atoms with E-state index in [-0.39, 0.29) is 33.6 Å². The number of carbonyl (C=O) groups excluding carboxylic acids is 3. The maximum atomic E-state index is 13.8. The van der Waals surface area contributed by atoms with Gasteiger partial charge in [0.05, 0.1) is 32.2 Å². The van der Waals surface area contributed by atoms with Crippen LogP contribution in [0.1, 0.15) is 242 Å². The Labute approximate surface area is 490 Å². The van der Waals surface area contributed by atoms with Gasteiger partial charge < -0.3 is 33.7 Å². The molecule has 1 unspecified atom stereocenters. The topological polar surface area (TPSA) is 172 Å². The fourth-order valence-corrected chi connectivity index (χ4v) is 12.3. The van der Waals surface area contributed by atoms with E-state index in [9.17, 15) is 29.3 Å². The van der Waals surface area contributed by atoms with E-state index in [1.165, 1.54) is 0 Å². The number of nitro groups is 1. The summed E-state index contributed by atoms with van der Waals surface area (Å²) in [6, 6.07) is 11.4. The molecule has 1 atom stereocenters. The standard InChI is InChI=1S/C51H74N2O8.C9H20O.C8H16O2/c1-20-42(2,3)29-45(8,9)40(55)60-48(14,15)31-44(6,7)37-28-35(53(57)58)27-34-25-26-51(59-39(34)37)50(18,19)36-23-21-22-24-38(36)52(51)47(12,13)32-49(16,17)61-41(56)46(10,11)30-43(4,5)33-54;1-8(2)6-7-10-9(3,4)5;1-6(2)5-8(3,4)7(9)10/h20-28,33H,1,29-32H2,2-19H3;8H,6-7H2,1-5H3;6H,5H2,1-4H3,(H,9,10). The van der Waals surface area contributed by atoms with Crippen molar-refractivity contribution in [3.8, 4) is 5.75 Å². The summed E-state index contributed by atoms with van der Waals surface area (Å²) in [6.45, 7) is 58.4. The number of ether oxygens (including phenoxy) is 4. The molecule has 4 rings (SSSR count). The highest BCUT2D eigenvalue weighted by molar-refractivity contribution is 5.79. The van der Waals surface area contributed by atoms with Crippen molar-refractivity contribution in [1.82, 2.24) is 0 Å². The summed E-state index contributed by atoms with van der Waals surface area (Å²) < 4.78 is 25.7. The fraction of sp³-hybridized carbons (Fsp3) is 0.706. The number of allylic oxidation sites excluding steroid dienone is 1. The summed E-state index contributed by atoms with van der Waals surface area (Å²) in [5.74, 6) is 0.302. The van der Waals surface area contributed by atoms with Crippen molar-refractivity contribution in [3.63, 3.8) is 0 Å². The maximum Gasteiger partial charge on any atom is 0.312 e. The largest absolute Gasteiger partial charge is 0.481 e. The minimum Gasteiger partial charge on any atom is -0.481 e.